The second kappa shape index (κ2) is 6.90. The highest BCUT2D eigenvalue weighted by atomic mass is 28.3. The zero-order valence-electron chi connectivity index (χ0n) is 13.5. The zero-order chi connectivity index (χ0) is 15.3. The third-order valence-corrected chi connectivity index (χ3v) is 5.14. The number of rotatable bonds is 5. The first-order valence-electron chi connectivity index (χ1n) is 7.81. The molecule has 0 aromatic heterocycles. The summed E-state index contributed by atoms with van der Waals surface area (Å²) in [6.45, 7) is 10.9. The molecule has 0 N–H and O–H groups in total. The maximum absolute atomic E-state index is 3.84. The number of hydrogen-bond donors (Lipinski definition) is 0. The molecule has 0 aliphatic heterocycles. The van der Waals surface area contributed by atoms with Gasteiger partial charge in [0.15, 0.2) is 0 Å². The first-order valence-corrected chi connectivity index (χ1v) is 10.9. The van der Waals surface area contributed by atoms with Crippen LogP contribution in [0.3, 0.4) is 0 Å². The van der Waals surface area contributed by atoms with Gasteiger partial charge in [-0.3, -0.25) is 0 Å². The highest BCUT2D eigenvalue weighted by Crippen LogP contribution is 2.31. The van der Waals surface area contributed by atoms with Crippen LogP contribution in [0.5, 0.6) is 0 Å². The van der Waals surface area contributed by atoms with E-state index in [2.05, 4.69) is 81.2 Å². The number of allylic oxidation sites excluding steroid dienone is 6. The van der Waals surface area contributed by atoms with E-state index in [4.69, 9.17) is 0 Å². The number of hydrogen-bond acceptors (Lipinski definition) is 0. The van der Waals surface area contributed by atoms with Crippen molar-refractivity contribution < 1.29 is 0 Å². The van der Waals surface area contributed by atoms with Crippen molar-refractivity contribution in [2.75, 3.05) is 0 Å². The Labute approximate surface area is 131 Å². The molecule has 1 heteroatoms. The molecule has 1 aliphatic rings. The first kappa shape index (κ1) is 15.8. The average molecular weight is 295 g/mol. The summed E-state index contributed by atoms with van der Waals surface area (Å²) in [6, 6.07) is 10.3. The van der Waals surface area contributed by atoms with Crippen LogP contribution in [-0.4, -0.2) is 8.80 Å². The molecule has 0 unspecified atom stereocenters. The van der Waals surface area contributed by atoms with Crippen LogP contribution in [0.25, 0.3) is 6.08 Å². The van der Waals surface area contributed by atoms with Crippen LogP contribution in [0, 0.1) is 5.41 Å². The summed E-state index contributed by atoms with van der Waals surface area (Å²) in [4.78, 5) is 0. The molecule has 0 bridgehead atoms. The average Bonchev–Trinajstić information content (AvgIpc) is 2.43. The van der Waals surface area contributed by atoms with Crippen LogP contribution in [0.15, 0.2) is 66.8 Å². The molecule has 0 saturated heterocycles. The van der Waals surface area contributed by atoms with Crippen molar-refractivity contribution in [2.24, 2.45) is 5.41 Å². The van der Waals surface area contributed by atoms with E-state index in [9.17, 15) is 0 Å². The zero-order valence-corrected chi connectivity index (χ0v) is 14.6. The molecule has 0 saturated carbocycles. The predicted molar refractivity (Wildman–Crippen MR) is 98.2 cm³/mol. The van der Waals surface area contributed by atoms with E-state index in [0.717, 1.165) is 6.42 Å². The van der Waals surface area contributed by atoms with E-state index in [1.165, 1.54) is 22.7 Å². The maximum Gasteiger partial charge on any atom is 0.0352 e. The number of benzene rings is 1. The van der Waals surface area contributed by atoms with Gasteiger partial charge in [-0.2, -0.15) is 0 Å². The third kappa shape index (κ3) is 4.71. The molecule has 1 aromatic carbocycles. The molecule has 0 radical (unpaired) electrons. The maximum atomic E-state index is 3.84. The molecule has 0 fully saturated rings. The Kier molecular flexibility index (Phi) is 5.19. The van der Waals surface area contributed by atoms with Gasteiger partial charge >= 0.3 is 0 Å². The van der Waals surface area contributed by atoms with Crippen molar-refractivity contribution in [3.05, 3.63) is 77.9 Å². The van der Waals surface area contributed by atoms with Crippen molar-refractivity contribution >= 4 is 14.9 Å². The van der Waals surface area contributed by atoms with Crippen LogP contribution in [0.1, 0.15) is 24.5 Å². The summed E-state index contributed by atoms with van der Waals surface area (Å²) in [6.07, 6.45) is 14.2. The van der Waals surface area contributed by atoms with Gasteiger partial charge in [-0.25, -0.2) is 0 Å². The van der Waals surface area contributed by atoms with Gasteiger partial charge in [0.1, 0.15) is 0 Å². The summed E-state index contributed by atoms with van der Waals surface area (Å²) in [5.41, 5.74) is 4.15. The highest BCUT2D eigenvalue weighted by molar-refractivity contribution is 6.55. The largest absolute Gasteiger partial charge is 0.103 e. The fourth-order valence-electron chi connectivity index (χ4n) is 2.64. The SMILES string of the molecule is C=CCC1(C)C=CC(=Cc2ccc(C[SiH](C)C)cc2)C=C1. The van der Waals surface area contributed by atoms with Gasteiger partial charge in [-0.1, -0.05) is 80.2 Å². The van der Waals surface area contributed by atoms with Crippen LogP contribution in [-0.2, 0) is 6.04 Å². The summed E-state index contributed by atoms with van der Waals surface area (Å²) in [5.74, 6) is 0. The lowest BCUT2D eigenvalue weighted by Gasteiger charge is -2.23. The molecular weight excluding hydrogens is 268 g/mol. The van der Waals surface area contributed by atoms with Gasteiger partial charge < -0.3 is 0 Å². The second-order valence-electron chi connectivity index (χ2n) is 6.65. The highest BCUT2D eigenvalue weighted by Gasteiger charge is 2.17. The van der Waals surface area contributed by atoms with Crippen molar-refractivity contribution in [1.29, 1.82) is 0 Å². The normalized spacial score (nSPS) is 20.9. The topological polar surface area (TPSA) is 0 Å². The van der Waals surface area contributed by atoms with Crippen molar-refractivity contribution in [1.82, 2.24) is 0 Å². The summed E-state index contributed by atoms with van der Waals surface area (Å²) < 4.78 is 0. The van der Waals surface area contributed by atoms with E-state index in [0.29, 0.717) is 0 Å². The fourth-order valence-corrected chi connectivity index (χ4v) is 3.86. The minimum absolute atomic E-state index is 0.130. The van der Waals surface area contributed by atoms with Crippen molar-refractivity contribution in [3.8, 4) is 0 Å². The van der Waals surface area contributed by atoms with E-state index in [1.54, 1.807) is 0 Å². The Balaban J connectivity index is 2.08. The predicted octanol–water partition coefficient (Wildman–Crippen LogP) is 5.35. The van der Waals surface area contributed by atoms with Crippen molar-refractivity contribution in [2.45, 2.75) is 32.5 Å². The van der Waals surface area contributed by atoms with Crippen LogP contribution in [0.2, 0.25) is 13.1 Å². The van der Waals surface area contributed by atoms with Gasteiger partial charge in [0.25, 0.3) is 0 Å². The second-order valence-corrected chi connectivity index (χ2v) is 9.85. The molecular formula is C20H26Si. The van der Waals surface area contributed by atoms with Crippen LogP contribution < -0.4 is 0 Å². The first-order chi connectivity index (χ1) is 10.0. The fraction of sp³-hybridized carbons (Fsp3) is 0.300. The Morgan fingerprint density at radius 2 is 1.71 bits per heavy atom. The van der Waals surface area contributed by atoms with Crippen LogP contribution in [0.4, 0.5) is 0 Å². The van der Waals surface area contributed by atoms with Gasteiger partial charge in [0.05, 0.1) is 0 Å². The Morgan fingerprint density at radius 3 is 2.24 bits per heavy atom. The van der Waals surface area contributed by atoms with Gasteiger partial charge in [0.2, 0.25) is 0 Å². The van der Waals surface area contributed by atoms with E-state index in [-0.39, 0.29) is 5.41 Å². The molecule has 1 aromatic rings. The lowest BCUT2D eigenvalue weighted by molar-refractivity contribution is 0.558. The molecule has 2 rings (SSSR count). The van der Waals surface area contributed by atoms with Crippen molar-refractivity contribution in [3.63, 3.8) is 0 Å². The van der Waals surface area contributed by atoms with E-state index >= 15 is 0 Å². The third-order valence-electron chi connectivity index (χ3n) is 3.85. The molecule has 0 amide bonds. The summed E-state index contributed by atoms with van der Waals surface area (Å²) in [7, 11) is -0.517. The minimum Gasteiger partial charge on any atom is -0.103 e. The van der Waals surface area contributed by atoms with Gasteiger partial charge in [0, 0.05) is 14.2 Å². The smallest absolute Gasteiger partial charge is 0.0352 e. The van der Waals surface area contributed by atoms with E-state index in [1.807, 2.05) is 6.08 Å². The monoisotopic (exact) mass is 294 g/mol. The molecule has 0 atom stereocenters. The van der Waals surface area contributed by atoms with Gasteiger partial charge in [-0.05, 0) is 29.7 Å². The molecule has 1 aliphatic carbocycles. The molecule has 21 heavy (non-hydrogen) atoms. The lowest BCUT2D eigenvalue weighted by Crippen LogP contribution is -2.10. The lowest BCUT2D eigenvalue weighted by atomic mass is 9.82. The standard InChI is InChI=1S/C20H26Si/c1-5-12-20(2)13-10-18(11-14-20)15-17-6-8-19(9-7-17)16-21(3)4/h5-11,13-15,21H,1,12,16H2,2-4H3. The van der Waals surface area contributed by atoms with Crippen LogP contribution >= 0.6 is 0 Å². The van der Waals surface area contributed by atoms with E-state index < -0.39 is 8.80 Å². The molecule has 110 valence electrons. The quantitative estimate of drug-likeness (QED) is 0.507. The Bertz CT molecular complexity index is 554. The molecule has 0 spiro atoms. The molecule has 0 nitrogen and oxygen atoms in total. The minimum atomic E-state index is -0.517. The molecule has 0 heterocycles. The summed E-state index contributed by atoms with van der Waals surface area (Å²) >= 11 is 0. The Morgan fingerprint density at radius 1 is 1.10 bits per heavy atom. The van der Waals surface area contributed by atoms with Gasteiger partial charge in [-0.15, -0.1) is 6.58 Å². The summed E-state index contributed by atoms with van der Waals surface area (Å²) in [5, 5.41) is 0. The Hall–Kier alpha value is -1.60.